The van der Waals surface area contributed by atoms with Gasteiger partial charge in [0, 0.05) is 0 Å². The minimum absolute atomic E-state index is 0.0970. The van der Waals surface area contributed by atoms with Crippen molar-refractivity contribution in [2.24, 2.45) is 5.73 Å². The highest BCUT2D eigenvalue weighted by atomic mass is 35.5. The van der Waals surface area contributed by atoms with Gasteiger partial charge in [-0.25, -0.2) is 4.39 Å². The van der Waals surface area contributed by atoms with Crippen molar-refractivity contribution in [2.75, 3.05) is 6.54 Å². The molecule has 0 radical (unpaired) electrons. The molecule has 88 valence electrons. The number of hydrogen-bond donors (Lipinski definition) is 1. The van der Waals surface area contributed by atoms with Gasteiger partial charge in [0.05, 0.1) is 5.02 Å². The van der Waals surface area contributed by atoms with E-state index in [1.54, 1.807) is 12.1 Å². The predicted octanol–water partition coefficient (Wildman–Crippen LogP) is 3.13. The molecule has 0 atom stereocenters. The largest absolute Gasteiger partial charge is 0.484 e. The lowest BCUT2D eigenvalue weighted by atomic mass is 9.77. The van der Waals surface area contributed by atoms with Gasteiger partial charge in [0.1, 0.15) is 5.60 Å². The minimum Gasteiger partial charge on any atom is -0.484 e. The van der Waals surface area contributed by atoms with Crippen molar-refractivity contribution >= 4 is 11.6 Å². The van der Waals surface area contributed by atoms with Gasteiger partial charge in [0.25, 0.3) is 0 Å². The first kappa shape index (κ1) is 11.7. The summed E-state index contributed by atoms with van der Waals surface area (Å²) in [5.41, 5.74) is 5.28. The Hall–Kier alpha value is -0.800. The first-order valence-corrected chi connectivity index (χ1v) is 5.88. The van der Waals surface area contributed by atoms with Gasteiger partial charge < -0.3 is 10.5 Å². The van der Waals surface area contributed by atoms with E-state index in [4.69, 9.17) is 22.1 Å². The maximum absolute atomic E-state index is 13.6. The second-order valence-corrected chi connectivity index (χ2v) is 4.64. The summed E-state index contributed by atoms with van der Waals surface area (Å²) in [4.78, 5) is 0. The Kier molecular flexibility index (Phi) is 3.36. The summed E-state index contributed by atoms with van der Waals surface area (Å²) in [5.74, 6) is -0.242. The molecule has 0 heterocycles. The van der Waals surface area contributed by atoms with Crippen LogP contribution in [-0.2, 0) is 0 Å². The summed E-state index contributed by atoms with van der Waals surface area (Å²) in [6.07, 6.45) is 3.76. The molecule has 2 N–H and O–H groups in total. The van der Waals surface area contributed by atoms with E-state index < -0.39 is 5.82 Å². The monoisotopic (exact) mass is 243 g/mol. The van der Waals surface area contributed by atoms with Crippen LogP contribution >= 0.6 is 11.6 Å². The van der Waals surface area contributed by atoms with Crippen LogP contribution in [0.1, 0.15) is 25.7 Å². The molecule has 0 spiro atoms. The Bertz CT molecular complexity index is 379. The zero-order valence-corrected chi connectivity index (χ0v) is 9.77. The Morgan fingerprint density at radius 3 is 2.75 bits per heavy atom. The van der Waals surface area contributed by atoms with Crippen LogP contribution in [0.25, 0.3) is 0 Å². The molecule has 1 fully saturated rings. The van der Waals surface area contributed by atoms with Gasteiger partial charge in [-0.3, -0.25) is 0 Å². The lowest BCUT2D eigenvalue weighted by Crippen LogP contribution is -2.45. The zero-order valence-electron chi connectivity index (χ0n) is 9.01. The van der Waals surface area contributed by atoms with Crippen LogP contribution in [0.2, 0.25) is 5.02 Å². The number of halogens is 2. The molecular formula is C12H15ClFNO. The van der Waals surface area contributed by atoms with Gasteiger partial charge in [-0.05, 0) is 44.4 Å². The summed E-state index contributed by atoms with van der Waals surface area (Å²) < 4.78 is 19.4. The first-order chi connectivity index (χ1) is 7.67. The summed E-state index contributed by atoms with van der Waals surface area (Å²) in [5, 5.41) is 0.0970. The van der Waals surface area contributed by atoms with Crippen molar-refractivity contribution in [2.45, 2.75) is 31.3 Å². The number of hydrogen-bond acceptors (Lipinski definition) is 2. The third-order valence-corrected chi connectivity index (χ3v) is 3.40. The normalized spacial score (nSPS) is 17.9. The fourth-order valence-corrected chi connectivity index (χ4v) is 2.20. The lowest BCUT2D eigenvalue weighted by molar-refractivity contribution is -0.0154. The number of rotatable bonds is 4. The molecule has 0 amide bonds. The molecule has 1 aliphatic rings. The summed E-state index contributed by atoms with van der Waals surface area (Å²) in [7, 11) is 0. The quantitative estimate of drug-likeness (QED) is 0.882. The number of nitrogens with two attached hydrogens (primary N) is 1. The van der Waals surface area contributed by atoms with Crippen LogP contribution in [0.4, 0.5) is 4.39 Å². The molecule has 0 aliphatic heterocycles. The SMILES string of the molecule is NCCC1(Oc2cccc(Cl)c2F)CCC1. The van der Waals surface area contributed by atoms with Gasteiger partial charge in [-0.15, -0.1) is 0 Å². The fourth-order valence-electron chi connectivity index (χ4n) is 2.03. The standard InChI is InChI=1S/C12H15ClFNO/c13-9-3-1-4-10(11(9)14)16-12(7-8-15)5-2-6-12/h1,3-4H,2,5-8,15H2. The molecule has 1 aromatic rings. The van der Waals surface area contributed by atoms with Crippen molar-refractivity contribution in [3.63, 3.8) is 0 Å². The van der Waals surface area contributed by atoms with Gasteiger partial charge in [-0.2, -0.15) is 0 Å². The third-order valence-electron chi connectivity index (χ3n) is 3.11. The molecule has 2 nitrogen and oxygen atoms in total. The Balaban J connectivity index is 2.16. The zero-order chi connectivity index (χ0) is 11.6. The van der Waals surface area contributed by atoms with Crippen LogP contribution in [0.5, 0.6) is 5.75 Å². The van der Waals surface area contributed by atoms with Crippen LogP contribution in [0.3, 0.4) is 0 Å². The molecule has 1 aromatic carbocycles. The molecule has 1 saturated carbocycles. The Morgan fingerprint density at radius 1 is 1.44 bits per heavy atom. The highest BCUT2D eigenvalue weighted by Crippen LogP contribution is 2.40. The second-order valence-electron chi connectivity index (χ2n) is 4.23. The maximum atomic E-state index is 13.6. The van der Waals surface area contributed by atoms with Crippen LogP contribution in [0.15, 0.2) is 18.2 Å². The number of ether oxygens (including phenoxy) is 1. The van der Waals surface area contributed by atoms with E-state index >= 15 is 0 Å². The van der Waals surface area contributed by atoms with Crippen molar-refractivity contribution in [3.8, 4) is 5.75 Å². The van der Waals surface area contributed by atoms with Crippen molar-refractivity contribution in [1.29, 1.82) is 0 Å². The van der Waals surface area contributed by atoms with Gasteiger partial charge in [0.15, 0.2) is 11.6 Å². The predicted molar refractivity (Wildman–Crippen MR) is 62.3 cm³/mol. The minimum atomic E-state index is -0.479. The molecule has 0 aromatic heterocycles. The van der Waals surface area contributed by atoms with Gasteiger partial charge in [-0.1, -0.05) is 17.7 Å². The summed E-state index contributed by atoms with van der Waals surface area (Å²) in [6.45, 7) is 0.558. The average Bonchev–Trinajstić information content (AvgIpc) is 2.21. The highest BCUT2D eigenvalue weighted by Gasteiger charge is 2.39. The second kappa shape index (κ2) is 4.60. The maximum Gasteiger partial charge on any atom is 0.183 e. The van der Waals surface area contributed by atoms with Crippen LogP contribution in [-0.4, -0.2) is 12.1 Å². The summed E-state index contributed by atoms with van der Waals surface area (Å²) >= 11 is 5.70. The van der Waals surface area contributed by atoms with E-state index in [0.717, 1.165) is 25.7 Å². The average molecular weight is 244 g/mol. The van der Waals surface area contributed by atoms with E-state index in [-0.39, 0.29) is 16.4 Å². The van der Waals surface area contributed by atoms with Crippen LogP contribution in [0, 0.1) is 5.82 Å². The van der Waals surface area contributed by atoms with E-state index in [1.165, 1.54) is 6.07 Å². The molecule has 2 rings (SSSR count). The van der Waals surface area contributed by atoms with E-state index in [2.05, 4.69) is 0 Å². The van der Waals surface area contributed by atoms with Crippen molar-refractivity contribution in [3.05, 3.63) is 29.0 Å². The Labute approximate surface area is 99.5 Å². The highest BCUT2D eigenvalue weighted by molar-refractivity contribution is 6.30. The molecule has 4 heteroatoms. The molecule has 1 aliphatic carbocycles. The smallest absolute Gasteiger partial charge is 0.183 e. The molecule has 16 heavy (non-hydrogen) atoms. The lowest BCUT2D eigenvalue weighted by Gasteiger charge is -2.41. The Morgan fingerprint density at radius 2 is 2.19 bits per heavy atom. The van der Waals surface area contributed by atoms with Gasteiger partial charge in [0.2, 0.25) is 0 Å². The molecule has 0 saturated heterocycles. The molecule has 0 unspecified atom stereocenters. The van der Waals surface area contributed by atoms with E-state index in [0.29, 0.717) is 6.54 Å². The molecular weight excluding hydrogens is 229 g/mol. The van der Waals surface area contributed by atoms with Gasteiger partial charge >= 0.3 is 0 Å². The number of benzene rings is 1. The van der Waals surface area contributed by atoms with Crippen molar-refractivity contribution in [1.82, 2.24) is 0 Å². The van der Waals surface area contributed by atoms with E-state index in [1.807, 2.05) is 0 Å². The van der Waals surface area contributed by atoms with Crippen molar-refractivity contribution < 1.29 is 9.13 Å². The van der Waals surface area contributed by atoms with Crippen LogP contribution < -0.4 is 10.5 Å². The topological polar surface area (TPSA) is 35.2 Å². The molecule has 0 bridgehead atoms. The summed E-state index contributed by atoms with van der Waals surface area (Å²) in [6, 6.07) is 4.81. The first-order valence-electron chi connectivity index (χ1n) is 5.50. The third kappa shape index (κ3) is 2.15. The van der Waals surface area contributed by atoms with E-state index in [9.17, 15) is 4.39 Å². The fraction of sp³-hybridized carbons (Fsp3) is 0.500.